The first-order valence-electron chi connectivity index (χ1n) is 13.7. The molecular weight excluding hydrogens is 542 g/mol. The number of nitrogens with two attached hydrogens (primary N) is 1. The lowest BCUT2D eigenvalue weighted by atomic mass is 10.1. The summed E-state index contributed by atoms with van der Waals surface area (Å²) in [7, 11) is 4.23. The first-order chi connectivity index (χ1) is 19.8. The highest BCUT2D eigenvalue weighted by Gasteiger charge is 2.40. The van der Waals surface area contributed by atoms with Gasteiger partial charge in [0.2, 0.25) is 0 Å². The van der Waals surface area contributed by atoms with E-state index < -0.39 is 12.1 Å². The van der Waals surface area contributed by atoms with Crippen LogP contribution in [0.2, 0.25) is 0 Å². The number of ether oxygens (including phenoxy) is 2. The highest BCUT2D eigenvalue weighted by atomic mass is 16.5. The minimum atomic E-state index is -0.734. The van der Waals surface area contributed by atoms with E-state index >= 15 is 0 Å². The topological polar surface area (TPSA) is 160 Å². The van der Waals surface area contributed by atoms with Crippen molar-refractivity contribution in [2.24, 2.45) is 5.73 Å². The van der Waals surface area contributed by atoms with Gasteiger partial charge in [-0.15, -0.1) is 0 Å². The molecule has 2 heterocycles. The standard InChI is InChI=1S/C13H15NO3.C12H13NO3.C5H13NO.CH4O/c1-8(9(2)17-3)14-12(15)10-6-4-5-7-11(10)13(14)16;1-7(8(2)14)13-11(15)9-5-3-4-6-10(9)12(13)16;1-4(6)5(2)7-3;1-2/h4-9H,1-3H3;3-8,14H,1-2H3;4-5H,6H2,1-3H3;2H,1H3. The average Bonchev–Trinajstić information content (AvgIpc) is 3.41. The van der Waals surface area contributed by atoms with E-state index in [-0.39, 0.29) is 47.9 Å². The van der Waals surface area contributed by atoms with Crippen molar-refractivity contribution >= 4 is 23.6 Å². The monoisotopic (exact) mass is 587 g/mol. The number of methoxy groups -OCH3 is 2. The number of fused-ring (bicyclic) bond motifs is 2. The van der Waals surface area contributed by atoms with Crippen LogP contribution in [0, 0.1) is 0 Å². The Kier molecular flexibility index (Phi) is 14.6. The second-order valence-corrected chi connectivity index (χ2v) is 10.0. The minimum Gasteiger partial charge on any atom is -0.400 e. The van der Waals surface area contributed by atoms with Gasteiger partial charge in [0.1, 0.15) is 0 Å². The van der Waals surface area contributed by atoms with Crippen molar-refractivity contribution in [2.45, 2.75) is 78.0 Å². The highest BCUT2D eigenvalue weighted by Crippen LogP contribution is 2.26. The van der Waals surface area contributed by atoms with E-state index in [2.05, 4.69) is 0 Å². The maximum atomic E-state index is 12.1. The van der Waals surface area contributed by atoms with Crippen molar-refractivity contribution in [3.05, 3.63) is 70.8 Å². The quantitative estimate of drug-likeness (QED) is 0.414. The molecule has 6 unspecified atom stereocenters. The first-order valence-corrected chi connectivity index (χ1v) is 13.7. The summed E-state index contributed by atoms with van der Waals surface area (Å²) < 4.78 is 10.1. The molecule has 0 spiro atoms. The van der Waals surface area contributed by atoms with Crippen LogP contribution in [0.5, 0.6) is 0 Å². The molecule has 4 amide bonds. The number of imide groups is 2. The van der Waals surface area contributed by atoms with Gasteiger partial charge in [-0.05, 0) is 65.8 Å². The normalized spacial score (nSPS) is 17.7. The Labute approximate surface area is 248 Å². The molecule has 0 saturated heterocycles. The number of aliphatic hydroxyl groups is 2. The Morgan fingerprint density at radius 3 is 1.10 bits per heavy atom. The number of hydrogen-bond acceptors (Lipinski definition) is 9. The van der Waals surface area contributed by atoms with Crippen molar-refractivity contribution in [1.29, 1.82) is 0 Å². The number of rotatable bonds is 7. The van der Waals surface area contributed by atoms with Crippen molar-refractivity contribution < 1.29 is 38.9 Å². The fourth-order valence-electron chi connectivity index (χ4n) is 3.99. The van der Waals surface area contributed by atoms with E-state index in [0.29, 0.717) is 22.3 Å². The Bertz CT molecular complexity index is 1150. The van der Waals surface area contributed by atoms with Crippen LogP contribution in [0.3, 0.4) is 0 Å². The zero-order valence-electron chi connectivity index (χ0n) is 25.9. The summed E-state index contributed by atoms with van der Waals surface area (Å²) >= 11 is 0. The van der Waals surface area contributed by atoms with Gasteiger partial charge in [0.25, 0.3) is 23.6 Å². The van der Waals surface area contributed by atoms with Crippen LogP contribution in [0.1, 0.15) is 83.0 Å². The number of hydrogen-bond donors (Lipinski definition) is 3. The van der Waals surface area contributed by atoms with Crippen LogP contribution < -0.4 is 5.73 Å². The number of carbonyl (C=O) groups is 4. The maximum Gasteiger partial charge on any atom is 0.261 e. The van der Waals surface area contributed by atoms with Crippen LogP contribution in [0.4, 0.5) is 0 Å². The average molecular weight is 588 g/mol. The van der Waals surface area contributed by atoms with Crippen molar-refractivity contribution in [1.82, 2.24) is 9.80 Å². The molecule has 0 fully saturated rings. The van der Waals surface area contributed by atoms with Gasteiger partial charge < -0.3 is 25.4 Å². The molecular formula is C31H45N3O8. The van der Waals surface area contributed by atoms with Gasteiger partial charge in [-0.3, -0.25) is 29.0 Å². The smallest absolute Gasteiger partial charge is 0.261 e. The molecule has 42 heavy (non-hydrogen) atoms. The SMILES string of the molecule is CC(O)C(C)N1C(=O)c2ccccc2C1=O.CO.COC(C)C(C)N.COC(C)C(C)N1C(=O)c2ccccc2C1=O. The lowest BCUT2D eigenvalue weighted by molar-refractivity contribution is 0.0280. The molecule has 2 aliphatic heterocycles. The number of nitrogens with zero attached hydrogens (tertiary/aromatic N) is 2. The van der Waals surface area contributed by atoms with Crippen molar-refractivity contribution in [3.63, 3.8) is 0 Å². The third-order valence-corrected chi connectivity index (χ3v) is 7.33. The predicted octanol–water partition coefficient (Wildman–Crippen LogP) is 2.73. The van der Waals surface area contributed by atoms with Crippen molar-refractivity contribution in [2.75, 3.05) is 21.3 Å². The molecule has 0 radical (unpaired) electrons. The van der Waals surface area contributed by atoms with Crippen LogP contribution in [-0.4, -0.2) is 101 Å². The fraction of sp³-hybridized carbons (Fsp3) is 0.484. The van der Waals surface area contributed by atoms with E-state index in [4.69, 9.17) is 20.3 Å². The molecule has 232 valence electrons. The highest BCUT2D eigenvalue weighted by molar-refractivity contribution is 6.22. The maximum absolute atomic E-state index is 12.1. The van der Waals surface area contributed by atoms with E-state index in [1.54, 1.807) is 76.6 Å². The van der Waals surface area contributed by atoms with Crippen molar-refractivity contribution in [3.8, 4) is 0 Å². The Morgan fingerprint density at radius 1 is 0.595 bits per heavy atom. The molecule has 2 aromatic carbocycles. The second-order valence-electron chi connectivity index (χ2n) is 10.0. The molecule has 2 aliphatic rings. The molecule has 0 aromatic heterocycles. The number of carbonyl (C=O) groups excluding carboxylic acids is 4. The van der Waals surface area contributed by atoms with Crippen LogP contribution in [0.15, 0.2) is 48.5 Å². The molecule has 2 aromatic rings. The molecule has 6 atom stereocenters. The van der Waals surface area contributed by atoms with Gasteiger partial charge in [-0.25, -0.2) is 0 Å². The Balaban J connectivity index is 0.000000330. The summed E-state index contributed by atoms with van der Waals surface area (Å²) in [6.07, 6.45) is -0.737. The predicted molar refractivity (Wildman–Crippen MR) is 159 cm³/mol. The third-order valence-electron chi connectivity index (χ3n) is 7.33. The zero-order valence-corrected chi connectivity index (χ0v) is 25.9. The molecule has 0 bridgehead atoms. The van der Waals surface area contributed by atoms with Crippen LogP contribution in [-0.2, 0) is 9.47 Å². The van der Waals surface area contributed by atoms with Gasteiger partial charge in [-0.1, -0.05) is 24.3 Å². The zero-order chi connectivity index (χ0) is 32.3. The van der Waals surface area contributed by atoms with Crippen LogP contribution in [0.25, 0.3) is 0 Å². The second kappa shape index (κ2) is 16.8. The summed E-state index contributed by atoms with van der Waals surface area (Å²) in [5.41, 5.74) is 7.21. The Morgan fingerprint density at radius 2 is 0.881 bits per heavy atom. The molecule has 4 N–H and O–H groups in total. The lowest BCUT2D eigenvalue weighted by Gasteiger charge is -2.26. The summed E-state index contributed by atoms with van der Waals surface area (Å²) in [4.78, 5) is 50.5. The third kappa shape index (κ3) is 8.30. The number of benzene rings is 2. The Hall–Kier alpha value is -3.48. The van der Waals surface area contributed by atoms with Gasteiger partial charge in [0.05, 0.1) is 52.6 Å². The van der Waals surface area contributed by atoms with E-state index in [1.165, 1.54) is 4.90 Å². The van der Waals surface area contributed by atoms with Gasteiger partial charge in [0.15, 0.2) is 0 Å². The van der Waals surface area contributed by atoms with E-state index in [9.17, 15) is 24.3 Å². The van der Waals surface area contributed by atoms with E-state index in [1.807, 2.05) is 27.7 Å². The van der Waals surface area contributed by atoms with Gasteiger partial charge in [0, 0.05) is 27.4 Å². The van der Waals surface area contributed by atoms with Gasteiger partial charge in [-0.2, -0.15) is 0 Å². The summed E-state index contributed by atoms with van der Waals surface area (Å²) in [5, 5.41) is 16.4. The largest absolute Gasteiger partial charge is 0.400 e. The molecule has 11 heteroatoms. The summed E-state index contributed by atoms with van der Waals surface area (Å²) in [5.74, 6) is -1.12. The minimum absolute atomic E-state index is 0.144. The molecule has 11 nitrogen and oxygen atoms in total. The van der Waals surface area contributed by atoms with E-state index in [0.717, 1.165) is 12.0 Å². The number of amides is 4. The fourth-order valence-corrected chi connectivity index (χ4v) is 3.99. The number of aliphatic hydroxyl groups excluding tert-OH is 2. The van der Waals surface area contributed by atoms with Gasteiger partial charge >= 0.3 is 0 Å². The first kappa shape index (κ1) is 36.5. The molecule has 0 aliphatic carbocycles. The summed E-state index contributed by atoms with van der Waals surface area (Å²) in [6.45, 7) is 10.8. The molecule has 4 rings (SSSR count). The van der Waals surface area contributed by atoms with Crippen LogP contribution >= 0.6 is 0 Å². The molecule has 0 saturated carbocycles. The summed E-state index contributed by atoms with van der Waals surface area (Å²) in [6, 6.07) is 13.0. The lowest BCUT2D eigenvalue weighted by Crippen LogP contribution is -2.44.